The third-order valence-corrected chi connectivity index (χ3v) is 3.84. The van der Waals surface area contributed by atoms with Crippen molar-refractivity contribution >= 4 is 17.3 Å². The van der Waals surface area contributed by atoms with Crippen LogP contribution in [0.1, 0.15) is 19.4 Å². The summed E-state index contributed by atoms with van der Waals surface area (Å²) in [6, 6.07) is 5.80. The molecule has 21 heavy (non-hydrogen) atoms. The first-order valence-corrected chi connectivity index (χ1v) is 7.30. The largest absolute Gasteiger partial charge is 0.396 e. The quantitative estimate of drug-likeness (QED) is 0.750. The molecule has 0 atom stereocenters. The van der Waals surface area contributed by atoms with Gasteiger partial charge in [0.1, 0.15) is 0 Å². The molecular formula is C16H24N2O3. The number of hydrogen-bond donors (Lipinski definition) is 3. The molecule has 1 aliphatic heterocycles. The van der Waals surface area contributed by atoms with Gasteiger partial charge < -0.3 is 20.5 Å². The number of aliphatic hydroxyl groups excluding tert-OH is 1. The van der Waals surface area contributed by atoms with Gasteiger partial charge in [-0.25, -0.2) is 0 Å². The zero-order valence-electron chi connectivity index (χ0n) is 12.9. The Morgan fingerprint density at radius 3 is 2.67 bits per heavy atom. The summed E-state index contributed by atoms with van der Waals surface area (Å²) in [5.74, 6) is -0.0449. The molecule has 0 aliphatic carbocycles. The highest BCUT2D eigenvalue weighted by Crippen LogP contribution is 2.28. The van der Waals surface area contributed by atoms with Crippen LogP contribution in [0.3, 0.4) is 0 Å². The lowest BCUT2D eigenvalue weighted by Crippen LogP contribution is -2.50. The van der Waals surface area contributed by atoms with Crippen molar-refractivity contribution < 1.29 is 14.6 Å². The van der Waals surface area contributed by atoms with Crippen molar-refractivity contribution in [3.05, 3.63) is 23.8 Å². The number of ether oxygens (including phenoxy) is 1. The number of amides is 1. The number of hydrogen-bond acceptors (Lipinski definition) is 4. The summed E-state index contributed by atoms with van der Waals surface area (Å²) < 4.78 is 5.19. The van der Waals surface area contributed by atoms with E-state index in [-0.39, 0.29) is 23.8 Å². The second-order valence-corrected chi connectivity index (χ2v) is 6.18. The van der Waals surface area contributed by atoms with Crippen molar-refractivity contribution in [1.82, 2.24) is 0 Å². The molecule has 1 amide bonds. The number of aliphatic hydroxyl groups is 1. The Hall–Kier alpha value is -1.59. The van der Waals surface area contributed by atoms with Gasteiger partial charge in [0.25, 0.3) is 0 Å². The summed E-state index contributed by atoms with van der Waals surface area (Å²) >= 11 is 0. The molecule has 2 rings (SSSR count). The number of rotatable bonds is 6. The van der Waals surface area contributed by atoms with Crippen molar-refractivity contribution in [3.63, 3.8) is 0 Å². The first kappa shape index (κ1) is 15.8. The van der Waals surface area contributed by atoms with Crippen molar-refractivity contribution in [3.8, 4) is 0 Å². The smallest absolute Gasteiger partial charge is 0.226 e. The fraction of sp³-hybridized carbons (Fsp3) is 0.562. The number of aryl methyl sites for hydroxylation is 1. The molecule has 1 aliphatic rings. The lowest BCUT2D eigenvalue weighted by atomic mass is 9.87. The molecule has 1 aromatic carbocycles. The van der Waals surface area contributed by atoms with Crippen LogP contribution in [-0.2, 0) is 9.53 Å². The predicted octanol–water partition coefficient (Wildman–Crippen LogP) is 2.01. The molecule has 0 spiro atoms. The van der Waals surface area contributed by atoms with Gasteiger partial charge in [-0.2, -0.15) is 0 Å². The Morgan fingerprint density at radius 1 is 1.43 bits per heavy atom. The number of carbonyl (C=O) groups is 1. The Bertz CT molecular complexity index is 505. The van der Waals surface area contributed by atoms with Crippen LogP contribution in [0.2, 0.25) is 0 Å². The molecule has 116 valence electrons. The molecule has 5 nitrogen and oxygen atoms in total. The zero-order chi connectivity index (χ0) is 15.5. The molecule has 0 saturated carbocycles. The van der Waals surface area contributed by atoms with E-state index >= 15 is 0 Å². The van der Waals surface area contributed by atoms with Crippen LogP contribution < -0.4 is 10.6 Å². The Kier molecular flexibility index (Phi) is 4.85. The maximum absolute atomic E-state index is 11.7. The minimum absolute atomic E-state index is 0.00373. The highest BCUT2D eigenvalue weighted by Gasteiger charge is 2.37. The van der Waals surface area contributed by atoms with Crippen LogP contribution in [0.15, 0.2) is 18.2 Å². The zero-order valence-corrected chi connectivity index (χ0v) is 12.9. The fourth-order valence-electron chi connectivity index (χ4n) is 2.10. The normalized spacial score (nSPS) is 16.4. The second kappa shape index (κ2) is 6.45. The SMILES string of the molecule is Cc1ccc(NC(=O)C(C)C)cc1NCC1(CO)COC1. The maximum Gasteiger partial charge on any atom is 0.226 e. The minimum Gasteiger partial charge on any atom is -0.396 e. The molecule has 3 N–H and O–H groups in total. The molecule has 1 fully saturated rings. The fourth-order valence-corrected chi connectivity index (χ4v) is 2.10. The van der Waals surface area contributed by atoms with Crippen molar-refractivity contribution in [2.75, 3.05) is 37.0 Å². The van der Waals surface area contributed by atoms with E-state index in [1.807, 2.05) is 39.0 Å². The summed E-state index contributed by atoms with van der Waals surface area (Å²) in [4.78, 5) is 11.7. The summed E-state index contributed by atoms with van der Waals surface area (Å²) in [6.07, 6.45) is 0. The van der Waals surface area contributed by atoms with Crippen molar-refractivity contribution in [2.24, 2.45) is 11.3 Å². The molecular weight excluding hydrogens is 268 g/mol. The summed E-state index contributed by atoms with van der Waals surface area (Å²) in [7, 11) is 0. The third kappa shape index (κ3) is 3.74. The van der Waals surface area contributed by atoms with Crippen LogP contribution in [0.5, 0.6) is 0 Å². The van der Waals surface area contributed by atoms with Gasteiger partial charge in [-0.1, -0.05) is 19.9 Å². The second-order valence-electron chi connectivity index (χ2n) is 6.18. The van der Waals surface area contributed by atoms with Crippen LogP contribution in [0, 0.1) is 18.3 Å². The van der Waals surface area contributed by atoms with Gasteiger partial charge >= 0.3 is 0 Å². The summed E-state index contributed by atoms with van der Waals surface area (Å²) in [5, 5.41) is 15.7. The number of benzene rings is 1. The Morgan fingerprint density at radius 2 is 2.14 bits per heavy atom. The standard InChI is InChI=1S/C16H24N2O3/c1-11(2)15(20)18-13-5-4-12(3)14(6-13)17-7-16(8-19)9-21-10-16/h4-6,11,17,19H,7-10H2,1-3H3,(H,18,20). The van der Waals surface area contributed by atoms with Gasteiger partial charge in [0, 0.05) is 23.8 Å². The summed E-state index contributed by atoms with van der Waals surface area (Å²) in [5.41, 5.74) is 2.68. The molecule has 0 aromatic heterocycles. The maximum atomic E-state index is 11.7. The van der Waals surface area contributed by atoms with Gasteiger partial charge in [0.15, 0.2) is 0 Å². The van der Waals surface area contributed by atoms with E-state index in [0.29, 0.717) is 19.8 Å². The average molecular weight is 292 g/mol. The van der Waals surface area contributed by atoms with Crippen LogP contribution in [-0.4, -0.2) is 37.4 Å². The van der Waals surface area contributed by atoms with Crippen LogP contribution in [0.25, 0.3) is 0 Å². The van der Waals surface area contributed by atoms with Gasteiger partial charge in [0.2, 0.25) is 5.91 Å². The molecule has 0 unspecified atom stereocenters. The van der Waals surface area contributed by atoms with E-state index < -0.39 is 0 Å². The monoisotopic (exact) mass is 292 g/mol. The molecule has 1 heterocycles. The van der Waals surface area contributed by atoms with Gasteiger partial charge in [0.05, 0.1) is 25.2 Å². The van der Waals surface area contributed by atoms with E-state index in [4.69, 9.17) is 4.74 Å². The van der Waals surface area contributed by atoms with E-state index in [2.05, 4.69) is 10.6 Å². The van der Waals surface area contributed by atoms with Crippen LogP contribution >= 0.6 is 0 Å². The first-order valence-electron chi connectivity index (χ1n) is 7.30. The average Bonchev–Trinajstić information content (AvgIpc) is 2.41. The van der Waals surface area contributed by atoms with E-state index in [1.54, 1.807) is 0 Å². The molecule has 0 radical (unpaired) electrons. The number of carbonyl (C=O) groups excluding carboxylic acids is 1. The molecule has 5 heteroatoms. The Labute approximate surface area is 125 Å². The topological polar surface area (TPSA) is 70.6 Å². The lowest BCUT2D eigenvalue weighted by molar-refractivity contribution is -0.128. The third-order valence-electron chi connectivity index (χ3n) is 3.84. The van der Waals surface area contributed by atoms with E-state index in [1.165, 1.54) is 0 Å². The summed E-state index contributed by atoms with van der Waals surface area (Å²) in [6.45, 7) is 7.68. The van der Waals surface area contributed by atoms with Gasteiger partial charge in [-0.15, -0.1) is 0 Å². The molecule has 1 aromatic rings. The van der Waals surface area contributed by atoms with Gasteiger partial charge in [-0.05, 0) is 24.6 Å². The molecule has 1 saturated heterocycles. The highest BCUT2D eigenvalue weighted by molar-refractivity contribution is 5.92. The first-order chi connectivity index (χ1) is 9.96. The van der Waals surface area contributed by atoms with Crippen LogP contribution in [0.4, 0.5) is 11.4 Å². The number of nitrogens with one attached hydrogen (secondary N) is 2. The predicted molar refractivity (Wildman–Crippen MR) is 83.5 cm³/mol. The van der Waals surface area contributed by atoms with E-state index in [0.717, 1.165) is 16.9 Å². The lowest BCUT2D eigenvalue weighted by Gasteiger charge is -2.40. The van der Waals surface area contributed by atoms with Crippen molar-refractivity contribution in [1.29, 1.82) is 0 Å². The van der Waals surface area contributed by atoms with E-state index in [9.17, 15) is 9.90 Å². The number of anilines is 2. The minimum atomic E-state index is -0.177. The molecule has 0 bridgehead atoms. The van der Waals surface area contributed by atoms with Gasteiger partial charge in [-0.3, -0.25) is 4.79 Å². The Balaban J connectivity index is 2.03. The highest BCUT2D eigenvalue weighted by atomic mass is 16.5. The van der Waals surface area contributed by atoms with Crippen molar-refractivity contribution in [2.45, 2.75) is 20.8 Å².